The minimum Gasteiger partial charge on any atom is -0.383 e. The monoisotopic (exact) mass is 374 g/mol. The second-order valence-electron chi connectivity index (χ2n) is 6.18. The number of amides is 1. The Morgan fingerprint density at radius 1 is 1.15 bits per heavy atom. The SMILES string of the molecule is COCCNS(=O)(=O)c1ccc(C(=O)N[C@H]2CCc3ccccc32)cc1. The lowest BCUT2D eigenvalue weighted by Gasteiger charge is -2.14. The summed E-state index contributed by atoms with van der Waals surface area (Å²) in [5, 5.41) is 3.03. The van der Waals surface area contributed by atoms with E-state index in [0.29, 0.717) is 12.2 Å². The van der Waals surface area contributed by atoms with Gasteiger partial charge in [0.15, 0.2) is 0 Å². The molecule has 2 aromatic carbocycles. The Morgan fingerprint density at radius 2 is 1.88 bits per heavy atom. The number of benzene rings is 2. The number of nitrogens with one attached hydrogen (secondary N) is 2. The maximum absolute atomic E-state index is 12.5. The zero-order chi connectivity index (χ0) is 18.6. The van der Waals surface area contributed by atoms with E-state index in [1.807, 2.05) is 18.2 Å². The van der Waals surface area contributed by atoms with Crippen LogP contribution >= 0.6 is 0 Å². The quantitative estimate of drug-likeness (QED) is 0.727. The van der Waals surface area contributed by atoms with Crippen LogP contribution in [-0.4, -0.2) is 34.6 Å². The number of rotatable bonds is 7. The van der Waals surface area contributed by atoms with Gasteiger partial charge in [-0.15, -0.1) is 0 Å². The fourth-order valence-corrected chi connectivity index (χ4v) is 4.11. The molecule has 0 saturated carbocycles. The summed E-state index contributed by atoms with van der Waals surface area (Å²) in [5.41, 5.74) is 2.86. The first-order valence-corrected chi connectivity index (χ1v) is 9.97. The van der Waals surface area contributed by atoms with Crippen molar-refractivity contribution in [3.63, 3.8) is 0 Å². The number of ether oxygens (including phenoxy) is 1. The molecule has 0 spiro atoms. The van der Waals surface area contributed by atoms with Gasteiger partial charge in [-0.05, 0) is 48.2 Å². The van der Waals surface area contributed by atoms with E-state index in [2.05, 4.69) is 16.1 Å². The number of hydrogen-bond donors (Lipinski definition) is 2. The van der Waals surface area contributed by atoms with Crippen LogP contribution in [0.15, 0.2) is 53.4 Å². The molecule has 0 aromatic heterocycles. The highest BCUT2D eigenvalue weighted by Gasteiger charge is 2.24. The summed E-state index contributed by atoms with van der Waals surface area (Å²) in [6.07, 6.45) is 1.83. The molecule has 1 atom stereocenters. The Kier molecular flexibility index (Phi) is 5.70. The van der Waals surface area contributed by atoms with Crippen LogP contribution in [0.4, 0.5) is 0 Å². The molecular weight excluding hydrogens is 352 g/mol. The van der Waals surface area contributed by atoms with Gasteiger partial charge >= 0.3 is 0 Å². The zero-order valence-electron chi connectivity index (χ0n) is 14.6. The summed E-state index contributed by atoms with van der Waals surface area (Å²) >= 11 is 0. The van der Waals surface area contributed by atoms with Crippen molar-refractivity contribution in [1.82, 2.24) is 10.0 Å². The largest absolute Gasteiger partial charge is 0.383 e. The molecule has 2 aromatic rings. The van der Waals surface area contributed by atoms with Crippen molar-refractivity contribution in [2.75, 3.05) is 20.3 Å². The Balaban J connectivity index is 1.66. The van der Waals surface area contributed by atoms with Crippen molar-refractivity contribution >= 4 is 15.9 Å². The number of hydrogen-bond acceptors (Lipinski definition) is 4. The summed E-state index contributed by atoms with van der Waals surface area (Å²) in [7, 11) is -2.09. The molecule has 0 unspecified atom stereocenters. The normalized spacial score (nSPS) is 16.3. The number of sulfonamides is 1. The van der Waals surface area contributed by atoms with Gasteiger partial charge in [-0.25, -0.2) is 13.1 Å². The van der Waals surface area contributed by atoms with Crippen LogP contribution in [-0.2, 0) is 21.2 Å². The second kappa shape index (κ2) is 7.99. The van der Waals surface area contributed by atoms with Crippen LogP contribution in [0.25, 0.3) is 0 Å². The third-order valence-corrected chi connectivity index (χ3v) is 5.94. The highest BCUT2D eigenvalue weighted by Crippen LogP contribution is 2.30. The molecule has 2 N–H and O–H groups in total. The van der Waals surface area contributed by atoms with Gasteiger partial charge in [0.1, 0.15) is 0 Å². The third-order valence-electron chi connectivity index (χ3n) is 4.46. The molecule has 1 amide bonds. The minimum atomic E-state index is -3.60. The van der Waals surface area contributed by atoms with Crippen LogP contribution in [0.2, 0.25) is 0 Å². The molecular formula is C19H22N2O4S. The summed E-state index contributed by atoms with van der Waals surface area (Å²) in [5.74, 6) is -0.206. The van der Waals surface area contributed by atoms with Gasteiger partial charge in [-0.1, -0.05) is 24.3 Å². The molecule has 0 bridgehead atoms. The van der Waals surface area contributed by atoms with Crippen LogP contribution in [0.5, 0.6) is 0 Å². The first-order valence-electron chi connectivity index (χ1n) is 8.48. The second-order valence-corrected chi connectivity index (χ2v) is 7.95. The maximum atomic E-state index is 12.5. The fraction of sp³-hybridized carbons (Fsp3) is 0.316. The van der Waals surface area contributed by atoms with Crippen LogP contribution in [0.3, 0.4) is 0 Å². The molecule has 26 heavy (non-hydrogen) atoms. The summed E-state index contributed by atoms with van der Waals surface area (Å²) in [6, 6.07) is 14.0. The zero-order valence-corrected chi connectivity index (χ0v) is 15.4. The van der Waals surface area contributed by atoms with Crippen molar-refractivity contribution in [3.05, 3.63) is 65.2 Å². The number of aryl methyl sites for hydroxylation is 1. The van der Waals surface area contributed by atoms with E-state index < -0.39 is 10.0 Å². The van der Waals surface area contributed by atoms with E-state index in [4.69, 9.17) is 4.74 Å². The Bertz CT molecular complexity index is 879. The van der Waals surface area contributed by atoms with Gasteiger partial charge in [0.05, 0.1) is 17.5 Å². The van der Waals surface area contributed by atoms with Crippen molar-refractivity contribution in [1.29, 1.82) is 0 Å². The Hall–Kier alpha value is -2.22. The molecule has 0 radical (unpaired) electrons. The van der Waals surface area contributed by atoms with Gasteiger partial charge in [0, 0.05) is 19.2 Å². The molecule has 0 saturated heterocycles. The summed E-state index contributed by atoms with van der Waals surface area (Å²) in [6.45, 7) is 0.491. The van der Waals surface area contributed by atoms with Gasteiger partial charge in [-0.3, -0.25) is 4.79 Å². The van der Waals surface area contributed by atoms with Crippen LogP contribution in [0.1, 0.15) is 33.9 Å². The van der Waals surface area contributed by atoms with Gasteiger partial charge in [0.2, 0.25) is 10.0 Å². The van der Waals surface area contributed by atoms with Crippen LogP contribution in [0, 0.1) is 0 Å². The first kappa shape index (κ1) is 18.6. The van der Waals surface area contributed by atoms with Crippen LogP contribution < -0.4 is 10.0 Å². The minimum absolute atomic E-state index is 0.00202. The van der Waals surface area contributed by atoms with Crippen molar-refractivity contribution in [2.24, 2.45) is 0 Å². The predicted molar refractivity (Wildman–Crippen MR) is 98.5 cm³/mol. The number of fused-ring (bicyclic) bond motifs is 1. The van der Waals surface area contributed by atoms with E-state index in [1.54, 1.807) is 0 Å². The molecule has 0 heterocycles. The van der Waals surface area contributed by atoms with Crippen molar-refractivity contribution < 1.29 is 17.9 Å². The number of carbonyl (C=O) groups is 1. The average molecular weight is 374 g/mol. The standard InChI is InChI=1S/C19H22N2O4S/c1-25-13-12-20-26(23,24)16-9-6-15(7-10-16)19(22)21-18-11-8-14-4-2-3-5-17(14)18/h2-7,9-10,18,20H,8,11-13H2,1H3,(H,21,22)/t18-/m0/s1. The van der Waals surface area contributed by atoms with E-state index in [9.17, 15) is 13.2 Å². The highest BCUT2D eigenvalue weighted by molar-refractivity contribution is 7.89. The Morgan fingerprint density at radius 3 is 2.62 bits per heavy atom. The predicted octanol–water partition coefficient (Wildman–Crippen LogP) is 2.03. The molecule has 1 aliphatic rings. The Labute approximate surface area is 153 Å². The van der Waals surface area contributed by atoms with Crippen molar-refractivity contribution in [3.8, 4) is 0 Å². The molecule has 0 aliphatic heterocycles. The molecule has 0 fully saturated rings. The number of carbonyl (C=O) groups excluding carboxylic acids is 1. The highest BCUT2D eigenvalue weighted by atomic mass is 32.2. The van der Waals surface area contributed by atoms with E-state index >= 15 is 0 Å². The molecule has 1 aliphatic carbocycles. The lowest BCUT2D eigenvalue weighted by atomic mass is 10.1. The average Bonchev–Trinajstić information content (AvgIpc) is 3.05. The first-order chi connectivity index (χ1) is 12.5. The molecule has 138 valence electrons. The lowest BCUT2D eigenvalue weighted by Crippen LogP contribution is -2.28. The van der Waals surface area contributed by atoms with Crippen molar-refractivity contribution in [2.45, 2.75) is 23.8 Å². The van der Waals surface area contributed by atoms with Gasteiger partial charge < -0.3 is 10.1 Å². The fourth-order valence-electron chi connectivity index (χ4n) is 3.10. The number of methoxy groups -OCH3 is 1. The topological polar surface area (TPSA) is 84.5 Å². The summed E-state index contributed by atoms with van der Waals surface area (Å²) < 4.78 is 31.5. The molecule has 6 nitrogen and oxygen atoms in total. The maximum Gasteiger partial charge on any atom is 0.251 e. The van der Waals surface area contributed by atoms with Gasteiger partial charge in [0.25, 0.3) is 5.91 Å². The molecule has 7 heteroatoms. The van der Waals surface area contributed by atoms with E-state index in [0.717, 1.165) is 18.4 Å². The van der Waals surface area contributed by atoms with Gasteiger partial charge in [-0.2, -0.15) is 0 Å². The van der Waals surface area contributed by atoms with E-state index in [-0.39, 0.29) is 23.4 Å². The van der Waals surface area contributed by atoms with E-state index in [1.165, 1.54) is 36.9 Å². The third kappa shape index (κ3) is 4.12. The lowest BCUT2D eigenvalue weighted by molar-refractivity contribution is 0.0936. The molecule has 3 rings (SSSR count). The smallest absolute Gasteiger partial charge is 0.251 e. The summed E-state index contributed by atoms with van der Waals surface area (Å²) in [4.78, 5) is 12.6.